The summed E-state index contributed by atoms with van der Waals surface area (Å²) in [4.78, 5) is 12.9. The monoisotopic (exact) mass is 324 g/mol. The molecule has 1 fully saturated rings. The molecule has 1 aromatic rings. The number of halogens is 1. The summed E-state index contributed by atoms with van der Waals surface area (Å²) >= 11 is 0. The quantitative estimate of drug-likeness (QED) is 0.760. The minimum atomic E-state index is -1.16. The van der Waals surface area contributed by atoms with Gasteiger partial charge in [0.15, 0.2) is 0 Å². The van der Waals surface area contributed by atoms with Gasteiger partial charge in [0.25, 0.3) is 5.91 Å². The molecule has 2 nitrogen and oxygen atoms in total. The van der Waals surface area contributed by atoms with Crippen LogP contribution in [0, 0.1) is 19.7 Å². The number of amides is 1. The lowest BCUT2D eigenvalue weighted by Crippen LogP contribution is -2.32. The van der Waals surface area contributed by atoms with Crippen LogP contribution in [0.5, 0.6) is 0 Å². The highest BCUT2D eigenvalue weighted by molar-refractivity contribution is 7.77. The lowest BCUT2D eigenvalue weighted by molar-refractivity contribution is -0.115. The zero-order valence-electron chi connectivity index (χ0n) is 14.2. The Hall–Kier alpha value is -0.950. The van der Waals surface area contributed by atoms with Gasteiger partial charge in [-0.15, -0.1) is 0 Å². The van der Waals surface area contributed by atoms with Crippen LogP contribution in [0.15, 0.2) is 12.1 Å². The Morgan fingerprint density at radius 1 is 1.23 bits per heavy atom. The van der Waals surface area contributed by atoms with Gasteiger partial charge in [-0.3, -0.25) is 4.79 Å². The van der Waals surface area contributed by atoms with Crippen molar-refractivity contribution in [2.45, 2.75) is 52.6 Å². The third kappa shape index (κ3) is 3.35. The Morgan fingerprint density at radius 2 is 1.77 bits per heavy atom. The van der Waals surface area contributed by atoms with Gasteiger partial charge in [0, 0.05) is 12.9 Å². The van der Waals surface area contributed by atoms with Gasteiger partial charge in [-0.25, -0.2) is 4.39 Å². The molecule has 1 unspecified atom stereocenters. The molecule has 122 valence electrons. The SMILES string of the molecule is CCC(C(=O)Nc1c(C)cc(F)cc1C)[P+]1(CC)CCCC1. The first kappa shape index (κ1) is 17.4. The first-order valence-corrected chi connectivity index (χ1v) is 10.8. The summed E-state index contributed by atoms with van der Waals surface area (Å²) in [5.41, 5.74) is 2.55. The van der Waals surface area contributed by atoms with E-state index in [1.807, 2.05) is 13.8 Å². The van der Waals surface area contributed by atoms with Crippen molar-refractivity contribution in [3.05, 3.63) is 29.1 Å². The number of carbonyl (C=O) groups is 1. The zero-order valence-corrected chi connectivity index (χ0v) is 15.1. The van der Waals surface area contributed by atoms with E-state index in [2.05, 4.69) is 19.2 Å². The van der Waals surface area contributed by atoms with Gasteiger partial charge in [-0.05, 0) is 63.3 Å². The predicted molar refractivity (Wildman–Crippen MR) is 95.0 cm³/mol. The van der Waals surface area contributed by atoms with Gasteiger partial charge in [-0.1, -0.05) is 6.92 Å². The maximum atomic E-state index is 13.4. The molecule has 0 saturated carbocycles. The van der Waals surface area contributed by atoms with Gasteiger partial charge < -0.3 is 5.32 Å². The molecule has 1 heterocycles. The first-order valence-electron chi connectivity index (χ1n) is 8.37. The van der Waals surface area contributed by atoms with E-state index in [9.17, 15) is 9.18 Å². The minimum Gasteiger partial charge on any atom is -0.322 e. The van der Waals surface area contributed by atoms with Crippen LogP contribution in [0.4, 0.5) is 10.1 Å². The normalized spacial score (nSPS) is 18.2. The Bertz CT molecular complexity index is 529. The van der Waals surface area contributed by atoms with Gasteiger partial charge >= 0.3 is 0 Å². The van der Waals surface area contributed by atoms with Crippen molar-refractivity contribution in [2.75, 3.05) is 23.8 Å². The van der Waals surface area contributed by atoms with E-state index in [0.29, 0.717) is 0 Å². The molecule has 1 amide bonds. The molecule has 0 spiro atoms. The Balaban J connectivity index is 2.23. The average Bonchev–Trinajstić information content (AvgIpc) is 2.93. The molecule has 1 saturated heterocycles. The van der Waals surface area contributed by atoms with Crippen LogP contribution in [-0.4, -0.2) is 30.1 Å². The summed E-state index contributed by atoms with van der Waals surface area (Å²) in [6.07, 6.45) is 7.15. The summed E-state index contributed by atoms with van der Waals surface area (Å²) in [5, 5.41) is 3.11. The molecule has 0 radical (unpaired) electrons. The number of benzene rings is 1. The molecule has 1 N–H and O–H groups in total. The van der Waals surface area contributed by atoms with Crippen molar-refractivity contribution in [2.24, 2.45) is 0 Å². The smallest absolute Gasteiger partial charge is 0.265 e. The maximum absolute atomic E-state index is 13.4. The van der Waals surface area contributed by atoms with Crippen LogP contribution in [-0.2, 0) is 4.79 Å². The standard InChI is InChI=1S/C18H27FNOP/c1-5-16(22(6-2)9-7-8-10-22)18(21)20-17-13(3)11-15(19)12-14(17)4/h11-12,16H,5-10H2,1-4H3/p+1. The van der Waals surface area contributed by atoms with Crippen molar-refractivity contribution in [3.63, 3.8) is 0 Å². The number of nitrogens with one attached hydrogen (secondary N) is 1. The fourth-order valence-electron chi connectivity index (χ4n) is 3.95. The summed E-state index contributed by atoms with van der Waals surface area (Å²) in [6.45, 7) is 8.09. The zero-order chi connectivity index (χ0) is 16.3. The largest absolute Gasteiger partial charge is 0.322 e. The fraction of sp³-hybridized carbons (Fsp3) is 0.611. The summed E-state index contributed by atoms with van der Waals surface area (Å²) in [5.74, 6) is -0.0919. The lowest BCUT2D eigenvalue weighted by atomic mass is 10.1. The van der Waals surface area contributed by atoms with Crippen LogP contribution in [0.1, 0.15) is 44.2 Å². The second-order valence-corrected chi connectivity index (χ2v) is 11.1. The average molecular weight is 324 g/mol. The molecule has 1 aliphatic rings. The van der Waals surface area contributed by atoms with E-state index < -0.39 is 7.26 Å². The number of rotatable bonds is 5. The van der Waals surface area contributed by atoms with E-state index in [-0.39, 0.29) is 17.4 Å². The molecular formula is C18H28FNOP+. The van der Waals surface area contributed by atoms with Gasteiger partial charge in [0.1, 0.15) is 11.5 Å². The Labute approximate surface area is 134 Å². The van der Waals surface area contributed by atoms with Crippen LogP contribution in [0.25, 0.3) is 0 Å². The molecular weight excluding hydrogens is 296 g/mol. The van der Waals surface area contributed by atoms with E-state index >= 15 is 0 Å². The van der Waals surface area contributed by atoms with E-state index in [1.165, 1.54) is 43.5 Å². The number of aryl methyl sites for hydroxylation is 2. The highest BCUT2D eigenvalue weighted by atomic mass is 31.2. The maximum Gasteiger partial charge on any atom is 0.265 e. The van der Waals surface area contributed by atoms with Crippen molar-refractivity contribution >= 4 is 18.9 Å². The second-order valence-electron chi connectivity index (χ2n) is 6.52. The first-order chi connectivity index (χ1) is 10.4. The molecule has 4 heteroatoms. The molecule has 1 atom stereocenters. The predicted octanol–water partition coefficient (Wildman–Crippen LogP) is 4.99. The lowest BCUT2D eigenvalue weighted by Gasteiger charge is -2.29. The van der Waals surface area contributed by atoms with Crippen molar-refractivity contribution in [1.29, 1.82) is 0 Å². The fourth-order valence-corrected chi connectivity index (χ4v) is 8.91. The molecule has 2 rings (SSSR count). The number of hydrogen-bond donors (Lipinski definition) is 1. The summed E-state index contributed by atoms with van der Waals surface area (Å²) < 4.78 is 13.4. The molecule has 0 aromatic heterocycles. The van der Waals surface area contributed by atoms with E-state index in [1.54, 1.807) is 0 Å². The Morgan fingerprint density at radius 3 is 2.23 bits per heavy atom. The number of hydrogen-bond acceptors (Lipinski definition) is 1. The summed E-state index contributed by atoms with van der Waals surface area (Å²) in [6, 6.07) is 2.98. The Kier molecular flexibility index (Phi) is 5.60. The number of carbonyl (C=O) groups excluding carboxylic acids is 1. The van der Waals surface area contributed by atoms with Gasteiger partial charge in [-0.2, -0.15) is 0 Å². The second kappa shape index (κ2) is 7.08. The van der Waals surface area contributed by atoms with Crippen molar-refractivity contribution < 1.29 is 9.18 Å². The third-order valence-electron chi connectivity index (χ3n) is 5.18. The van der Waals surface area contributed by atoms with Crippen molar-refractivity contribution in [1.82, 2.24) is 0 Å². The van der Waals surface area contributed by atoms with Crippen LogP contribution in [0.2, 0.25) is 0 Å². The summed E-state index contributed by atoms with van der Waals surface area (Å²) in [7, 11) is -1.16. The van der Waals surface area contributed by atoms with Crippen LogP contribution >= 0.6 is 7.26 Å². The highest BCUT2D eigenvalue weighted by Gasteiger charge is 2.49. The van der Waals surface area contributed by atoms with Crippen molar-refractivity contribution in [3.8, 4) is 0 Å². The van der Waals surface area contributed by atoms with E-state index in [4.69, 9.17) is 0 Å². The topological polar surface area (TPSA) is 29.1 Å². The van der Waals surface area contributed by atoms with Gasteiger partial charge in [0.05, 0.1) is 18.5 Å². The third-order valence-corrected chi connectivity index (χ3v) is 10.8. The molecule has 22 heavy (non-hydrogen) atoms. The molecule has 0 aliphatic carbocycles. The molecule has 0 bridgehead atoms. The van der Waals surface area contributed by atoms with E-state index in [0.717, 1.165) is 23.2 Å². The minimum absolute atomic E-state index is 0.150. The van der Waals surface area contributed by atoms with Gasteiger partial charge in [0.2, 0.25) is 0 Å². The van der Waals surface area contributed by atoms with Crippen LogP contribution < -0.4 is 5.32 Å². The van der Waals surface area contributed by atoms with Crippen LogP contribution in [0.3, 0.4) is 0 Å². The molecule has 1 aliphatic heterocycles. The highest BCUT2D eigenvalue weighted by Crippen LogP contribution is 2.68. The molecule has 1 aromatic carbocycles. The number of anilines is 1.